The molecule has 0 saturated heterocycles. The number of amides is 1. The molecule has 7 heteroatoms. The minimum Gasteiger partial charge on any atom is -0.455 e. The lowest BCUT2D eigenvalue weighted by molar-refractivity contribution is -0.115. The molecular formula is C21H20N2O4S. The van der Waals surface area contributed by atoms with E-state index in [0.717, 1.165) is 0 Å². The molecule has 0 fully saturated rings. The molecular weight excluding hydrogens is 376 g/mol. The molecule has 3 rings (SSSR count). The molecule has 3 aromatic rings. The predicted molar refractivity (Wildman–Crippen MR) is 108 cm³/mol. The number of para-hydroxylation sites is 3. The molecule has 0 aromatic heterocycles. The number of nitrogens with one attached hydrogen (secondary N) is 2. The maximum absolute atomic E-state index is 12.4. The highest BCUT2D eigenvalue weighted by Crippen LogP contribution is 2.29. The smallest absolute Gasteiger partial charge is 0.241 e. The number of aryl methyl sites for hydroxylation is 1. The molecule has 0 spiro atoms. The fourth-order valence-corrected chi connectivity index (χ4v) is 3.79. The SMILES string of the molecule is Cc1ccccc1S(=O)(=O)NCC(=O)Nc1ccccc1Oc1ccccc1. The van der Waals surface area contributed by atoms with Gasteiger partial charge in [-0.2, -0.15) is 0 Å². The minimum absolute atomic E-state index is 0.149. The van der Waals surface area contributed by atoms with E-state index in [-0.39, 0.29) is 4.90 Å². The first-order valence-electron chi connectivity index (χ1n) is 8.63. The standard InChI is InChI=1S/C21H20N2O4S/c1-16-9-5-8-14-20(16)28(25,26)22-15-21(24)23-18-12-6-7-13-19(18)27-17-10-3-2-4-11-17/h2-14,22H,15H2,1H3,(H,23,24). The summed E-state index contributed by atoms with van der Waals surface area (Å²) in [5.74, 6) is 0.592. The molecule has 0 aliphatic carbocycles. The number of rotatable bonds is 7. The number of carbonyl (C=O) groups excluding carboxylic acids is 1. The number of hydrogen-bond donors (Lipinski definition) is 2. The van der Waals surface area contributed by atoms with Crippen LogP contribution in [0.3, 0.4) is 0 Å². The van der Waals surface area contributed by atoms with Crippen LogP contribution in [-0.4, -0.2) is 20.9 Å². The maximum atomic E-state index is 12.4. The van der Waals surface area contributed by atoms with Gasteiger partial charge in [-0.1, -0.05) is 48.5 Å². The van der Waals surface area contributed by atoms with Gasteiger partial charge in [-0.25, -0.2) is 13.1 Å². The van der Waals surface area contributed by atoms with Crippen molar-refractivity contribution >= 4 is 21.6 Å². The first kappa shape index (κ1) is 19.6. The second kappa shape index (κ2) is 8.69. The zero-order chi connectivity index (χ0) is 20.0. The summed E-state index contributed by atoms with van der Waals surface area (Å²) in [6.07, 6.45) is 0. The molecule has 3 aromatic carbocycles. The van der Waals surface area contributed by atoms with Crippen LogP contribution in [0.2, 0.25) is 0 Å². The Morgan fingerprint density at radius 3 is 2.29 bits per heavy atom. The number of hydrogen-bond acceptors (Lipinski definition) is 4. The summed E-state index contributed by atoms with van der Waals surface area (Å²) >= 11 is 0. The highest BCUT2D eigenvalue weighted by Gasteiger charge is 2.18. The highest BCUT2D eigenvalue weighted by atomic mass is 32.2. The first-order valence-corrected chi connectivity index (χ1v) is 10.1. The lowest BCUT2D eigenvalue weighted by Crippen LogP contribution is -2.33. The van der Waals surface area contributed by atoms with Crippen LogP contribution in [0.5, 0.6) is 11.5 Å². The Balaban J connectivity index is 1.66. The van der Waals surface area contributed by atoms with Crippen molar-refractivity contribution in [2.45, 2.75) is 11.8 Å². The van der Waals surface area contributed by atoms with Crippen molar-refractivity contribution in [3.05, 3.63) is 84.4 Å². The lowest BCUT2D eigenvalue weighted by Gasteiger charge is -2.13. The van der Waals surface area contributed by atoms with Gasteiger partial charge < -0.3 is 10.1 Å². The molecule has 1 amide bonds. The molecule has 144 valence electrons. The summed E-state index contributed by atoms with van der Waals surface area (Å²) in [6, 6.07) is 22.7. The van der Waals surface area contributed by atoms with Gasteiger partial charge in [-0.05, 0) is 42.8 Å². The highest BCUT2D eigenvalue weighted by molar-refractivity contribution is 7.89. The third-order valence-electron chi connectivity index (χ3n) is 3.94. The molecule has 0 radical (unpaired) electrons. The van der Waals surface area contributed by atoms with Crippen LogP contribution in [0.1, 0.15) is 5.56 Å². The fraction of sp³-hybridized carbons (Fsp3) is 0.0952. The molecule has 0 unspecified atom stereocenters. The van der Waals surface area contributed by atoms with Crippen molar-refractivity contribution in [2.24, 2.45) is 0 Å². The van der Waals surface area contributed by atoms with Crippen molar-refractivity contribution in [1.29, 1.82) is 0 Å². The molecule has 6 nitrogen and oxygen atoms in total. The van der Waals surface area contributed by atoms with E-state index in [1.165, 1.54) is 6.07 Å². The van der Waals surface area contributed by atoms with Crippen LogP contribution in [0, 0.1) is 6.92 Å². The van der Waals surface area contributed by atoms with E-state index >= 15 is 0 Å². The third kappa shape index (κ3) is 4.97. The normalized spacial score (nSPS) is 11.0. The summed E-state index contributed by atoms with van der Waals surface area (Å²) in [4.78, 5) is 12.4. The van der Waals surface area contributed by atoms with Crippen LogP contribution in [0.15, 0.2) is 83.8 Å². The minimum atomic E-state index is -3.78. The number of carbonyl (C=O) groups is 1. The van der Waals surface area contributed by atoms with Crippen LogP contribution in [0.25, 0.3) is 0 Å². The Kier molecular flexibility index (Phi) is 6.08. The molecule has 0 aliphatic heterocycles. The van der Waals surface area contributed by atoms with Gasteiger partial charge in [0.15, 0.2) is 5.75 Å². The second-order valence-corrected chi connectivity index (χ2v) is 7.78. The van der Waals surface area contributed by atoms with E-state index in [1.807, 2.05) is 18.2 Å². The van der Waals surface area contributed by atoms with Gasteiger partial charge in [-0.15, -0.1) is 0 Å². The summed E-state index contributed by atoms with van der Waals surface area (Å²) < 4.78 is 32.9. The van der Waals surface area contributed by atoms with Crippen molar-refractivity contribution < 1.29 is 17.9 Å². The Morgan fingerprint density at radius 2 is 1.54 bits per heavy atom. The molecule has 0 bridgehead atoms. The van der Waals surface area contributed by atoms with E-state index in [1.54, 1.807) is 61.5 Å². The van der Waals surface area contributed by atoms with E-state index in [2.05, 4.69) is 10.0 Å². The van der Waals surface area contributed by atoms with E-state index in [0.29, 0.717) is 22.7 Å². The molecule has 0 atom stereocenters. The number of benzene rings is 3. The number of anilines is 1. The van der Waals surface area contributed by atoms with E-state index in [9.17, 15) is 13.2 Å². The van der Waals surface area contributed by atoms with Crippen LogP contribution < -0.4 is 14.8 Å². The van der Waals surface area contributed by atoms with E-state index in [4.69, 9.17) is 4.74 Å². The molecule has 0 heterocycles. The summed E-state index contributed by atoms with van der Waals surface area (Å²) in [5.41, 5.74) is 1.06. The van der Waals surface area contributed by atoms with Gasteiger partial charge >= 0.3 is 0 Å². The second-order valence-electron chi connectivity index (χ2n) is 6.05. The van der Waals surface area contributed by atoms with Crippen molar-refractivity contribution in [2.75, 3.05) is 11.9 Å². The third-order valence-corrected chi connectivity index (χ3v) is 5.50. The molecule has 2 N–H and O–H groups in total. The van der Waals surface area contributed by atoms with Gasteiger partial charge in [-0.3, -0.25) is 4.79 Å². The molecule has 0 aliphatic rings. The zero-order valence-electron chi connectivity index (χ0n) is 15.3. The summed E-state index contributed by atoms with van der Waals surface area (Å²) in [5, 5.41) is 2.68. The Bertz CT molecular complexity index is 1070. The topological polar surface area (TPSA) is 84.5 Å². The fourth-order valence-electron chi connectivity index (χ4n) is 2.57. The number of sulfonamides is 1. The van der Waals surface area contributed by atoms with E-state index < -0.39 is 22.5 Å². The first-order chi connectivity index (χ1) is 13.5. The van der Waals surface area contributed by atoms with Gasteiger partial charge in [0.25, 0.3) is 0 Å². The van der Waals surface area contributed by atoms with Crippen LogP contribution in [-0.2, 0) is 14.8 Å². The Labute approximate surface area is 164 Å². The average Bonchev–Trinajstić information content (AvgIpc) is 2.69. The predicted octanol–water partition coefficient (Wildman–Crippen LogP) is 3.70. The van der Waals surface area contributed by atoms with Crippen LogP contribution >= 0.6 is 0 Å². The molecule has 28 heavy (non-hydrogen) atoms. The van der Waals surface area contributed by atoms with Crippen molar-refractivity contribution in [3.8, 4) is 11.5 Å². The monoisotopic (exact) mass is 396 g/mol. The number of ether oxygens (including phenoxy) is 1. The Hall–Kier alpha value is -3.16. The Morgan fingerprint density at radius 1 is 0.893 bits per heavy atom. The van der Waals surface area contributed by atoms with Crippen molar-refractivity contribution in [1.82, 2.24) is 4.72 Å². The summed E-state index contributed by atoms with van der Waals surface area (Å²) in [7, 11) is -3.78. The molecule has 0 saturated carbocycles. The largest absolute Gasteiger partial charge is 0.455 e. The van der Waals surface area contributed by atoms with Gasteiger partial charge in [0.2, 0.25) is 15.9 Å². The van der Waals surface area contributed by atoms with Crippen LogP contribution in [0.4, 0.5) is 5.69 Å². The van der Waals surface area contributed by atoms with Crippen molar-refractivity contribution in [3.63, 3.8) is 0 Å². The van der Waals surface area contributed by atoms with Gasteiger partial charge in [0, 0.05) is 0 Å². The zero-order valence-corrected chi connectivity index (χ0v) is 16.1. The summed E-state index contributed by atoms with van der Waals surface area (Å²) in [6.45, 7) is 1.31. The average molecular weight is 396 g/mol. The lowest BCUT2D eigenvalue weighted by atomic mass is 10.2. The van der Waals surface area contributed by atoms with Gasteiger partial charge in [0.05, 0.1) is 17.1 Å². The van der Waals surface area contributed by atoms with Gasteiger partial charge in [0.1, 0.15) is 5.75 Å². The quantitative estimate of drug-likeness (QED) is 0.638. The maximum Gasteiger partial charge on any atom is 0.241 e.